The molecule has 0 atom stereocenters. The molecule has 0 aliphatic heterocycles. The van der Waals surface area contributed by atoms with Crippen molar-refractivity contribution in [2.75, 3.05) is 13.2 Å². The van der Waals surface area contributed by atoms with Crippen LogP contribution >= 0.6 is 0 Å². The first-order valence-electron chi connectivity index (χ1n) is 11.6. The normalized spacial score (nSPS) is 10.9. The van der Waals surface area contributed by atoms with Gasteiger partial charge in [-0.1, -0.05) is 75.9 Å². The Kier molecular flexibility index (Phi) is 9.09. The smallest absolute Gasteiger partial charge is 0.201 e. The lowest BCUT2D eigenvalue weighted by Gasteiger charge is -2.11. The minimum absolute atomic E-state index is 0.0315. The molecular formula is C28H32F2O2. The van der Waals surface area contributed by atoms with E-state index in [4.69, 9.17) is 9.47 Å². The maximum absolute atomic E-state index is 14.7. The van der Waals surface area contributed by atoms with E-state index in [1.165, 1.54) is 18.9 Å². The molecule has 0 radical (unpaired) electrons. The number of hydrogen-bond donors (Lipinski definition) is 0. The van der Waals surface area contributed by atoms with Gasteiger partial charge >= 0.3 is 0 Å². The average Bonchev–Trinajstić information content (AvgIpc) is 2.83. The Labute approximate surface area is 190 Å². The van der Waals surface area contributed by atoms with Crippen molar-refractivity contribution in [3.63, 3.8) is 0 Å². The van der Waals surface area contributed by atoms with Crippen molar-refractivity contribution in [2.24, 2.45) is 0 Å². The third-order valence-corrected chi connectivity index (χ3v) is 5.45. The van der Waals surface area contributed by atoms with Gasteiger partial charge < -0.3 is 9.47 Å². The summed E-state index contributed by atoms with van der Waals surface area (Å²) in [5.41, 5.74) is 2.90. The van der Waals surface area contributed by atoms with Gasteiger partial charge in [0.1, 0.15) is 5.75 Å². The fraction of sp³-hybridized carbons (Fsp3) is 0.357. The van der Waals surface area contributed by atoms with E-state index >= 15 is 0 Å². The average molecular weight is 439 g/mol. The maximum atomic E-state index is 14.7. The summed E-state index contributed by atoms with van der Waals surface area (Å²) in [7, 11) is 0. The minimum atomic E-state index is -0.933. The van der Waals surface area contributed by atoms with Crippen molar-refractivity contribution in [3.8, 4) is 33.8 Å². The van der Waals surface area contributed by atoms with E-state index < -0.39 is 11.6 Å². The van der Waals surface area contributed by atoms with E-state index in [0.717, 1.165) is 49.2 Å². The summed E-state index contributed by atoms with van der Waals surface area (Å²) in [5.74, 6) is -0.986. The summed E-state index contributed by atoms with van der Waals surface area (Å²) in [6.45, 7) is 5.37. The van der Waals surface area contributed by atoms with E-state index in [-0.39, 0.29) is 11.3 Å². The van der Waals surface area contributed by atoms with E-state index in [0.29, 0.717) is 12.2 Å². The van der Waals surface area contributed by atoms with Crippen LogP contribution < -0.4 is 9.47 Å². The van der Waals surface area contributed by atoms with Crippen LogP contribution in [-0.2, 0) is 0 Å². The van der Waals surface area contributed by atoms with Gasteiger partial charge in [0.05, 0.1) is 13.2 Å². The fourth-order valence-electron chi connectivity index (χ4n) is 3.53. The van der Waals surface area contributed by atoms with Crippen LogP contribution in [0.25, 0.3) is 22.3 Å². The molecule has 0 heterocycles. The molecule has 0 amide bonds. The molecule has 0 bridgehead atoms. The van der Waals surface area contributed by atoms with Crippen molar-refractivity contribution in [3.05, 3.63) is 72.3 Å². The summed E-state index contributed by atoms with van der Waals surface area (Å²) in [5, 5.41) is 0. The molecule has 0 saturated heterocycles. The van der Waals surface area contributed by atoms with Crippen molar-refractivity contribution in [2.45, 2.75) is 52.4 Å². The van der Waals surface area contributed by atoms with E-state index in [1.807, 2.05) is 48.5 Å². The molecule has 0 aliphatic rings. The summed E-state index contributed by atoms with van der Waals surface area (Å²) in [6, 6.07) is 18.5. The third kappa shape index (κ3) is 6.32. The zero-order valence-electron chi connectivity index (χ0n) is 19.0. The molecule has 0 aliphatic carbocycles. The number of rotatable bonds is 12. The monoisotopic (exact) mass is 438 g/mol. The lowest BCUT2D eigenvalue weighted by Crippen LogP contribution is -2.01. The number of hydrogen-bond acceptors (Lipinski definition) is 2. The van der Waals surface area contributed by atoms with Crippen molar-refractivity contribution < 1.29 is 18.3 Å². The van der Waals surface area contributed by atoms with Crippen molar-refractivity contribution >= 4 is 0 Å². The Morgan fingerprint density at radius 1 is 0.562 bits per heavy atom. The van der Waals surface area contributed by atoms with Gasteiger partial charge in [-0.3, -0.25) is 0 Å². The molecule has 4 heteroatoms. The topological polar surface area (TPSA) is 18.5 Å². The minimum Gasteiger partial charge on any atom is -0.494 e. The van der Waals surface area contributed by atoms with E-state index in [9.17, 15) is 8.78 Å². The number of benzene rings is 3. The van der Waals surface area contributed by atoms with Gasteiger partial charge in [-0.05, 0) is 53.8 Å². The van der Waals surface area contributed by atoms with Crippen molar-refractivity contribution in [1.29, 1.82) is 0 Å². The number of ether oxygens (including phenoxy) is 2. The molecule has 170 valence electrons. The standard InChI is InChI=1S/C28H32F2O2/c1-3-5-7-19-31-24-15-13-22(14-16-24)21-9-11-23(12-10-21)25-17-18-26(28(30)27(25)29)32-20-8-6-4-2/h9-18H,3-8,19-20H2,1-2H3. The zero-order chi connectivity index (χ0) is 22.8. The molecule has 2 nitrogen and oxygen atoms in total. The Morgan fingerprint density at radius 3 is 1.69 bits per heavy atom. The Hall–Kier alpha value is -2.88. The highest BCUT2D eigenvalue weighted by Gasteiger charge is 2.16. The van der Waals surface area contributed by atoms with E-state index in [1.54, 1.807) is 6.07 Å². The van der Waals surface area contributed by atoms with Crippen LogP contribution in [0.2, 0.25) is 0 Å². The largest absolute Gasteiger partial charge is 0.494 e. The highest BCUT2D eigenvalue weighted by Crippen LogP contribution is 2.32. The predicted molar refractivity (Wildman–Crippen MR) is 127 cm³/mol. The summed E-state index contributed by atoms with van der Waals surface area (Å²) in [6.07, 6.45) is 6.28. The van der Waals surface area contributed by atoms with Gasteiger partial charge in [-0.25, -0.2) is 4.39 Å². The highest BCUT2D eigenvalue weighted by molar-refractivity contribution is 5.71. The van der Waals surface area contributed by atoms with Gasteiger partial charge in [-0.2, -0.15) is 4.39 Å². The molecule has 3 aromatic rings. The second-order valence-corrected chi connectivity index (χ2v) is 7.95. The molecular weight excluding hydrogens is 406 g/mol. The maximum Gasteiger partial charge on any atom is 0.201 e. The van der Waals surface area contributed by atoms with E-state index in [2.05, 4.69) is 13.8 Å². The SMILES string of the molecule is CCCCCOc1ccc(-c2ccc(-c3ccc(OCCCCC)c(F)c3F)cc2)cc1. The van der Waals surface area contributed by atoms with Crippen LogP contribution in [0.15, 0.2) is 60.7 Å². The second-order valence-electron chi connectivity index (χ2n) is 7.95. The quantitative estimate of drug-likeness (QED) is 0.264. The Bertz CT molecular complexity index is 966. The second kappa shape index (κ2) is 12.2. The molecule has 0 unspecified atom stereocenters. The molecule has 32 heavy (non-hydrogen) atoms. The molecule has 3 rings (SSSR count). The third-order valence-electron chi connectivity index (χ3n) is 5.45. The van der Waals surface area contributed by atoms with Crippen LogP contribution in [0, 0.1) is 11.6 Å². The molecule has 3 aromatic carbocycles. The van der Waals surface area contributed by atoms with Gasteiger partial charge in [0, 0.05) is 5.56 Å². The first-order chi connectivity index (χ1) is 15.6. The summed E-state index contributed by atoms with van der Waals surface area (Å²) in [4.78, 5) is 0. The number of halogens is 2. The lowest BCUT2D eigenvalue weighted by atomic mass is 9.99. The van der Waals surface area contributed by atoms with Crippen LogP contribution in [0.5, 0.6) is 11.5 Å². The highest BCUT2D eigenvalue weighted by atomic mass is 19.2. The lowest BCUT2D eigenvalue weighted by molar-refractivity contribution is 0.286. The first-order valence-corrected chi connectivity index (χ1v) is 11.6. The molecule has 0 fully saturated rings. The Morgan fingerprint density at radius 2 is 1.09 bits per heavy atom. The summed E-state index contributed by atoms with van der Waals surface area (Å²) < 4.78 is 40.3. The van der Waals surface area contributed by atoms with Gasteiger partial charge in [-0.15, -0.1) is 0 Å². The molecule has 0 aromatic heterocycles. The van der Waals surface area contributed by atoms with Crippen LogP contribution in [0.4, 0.5) is 8.78 Å². The van der Waals surface area contributed by atoms with Gasteiger partial charge in [0.15, 0.2) is 11.6 Å². The predicted octanol–water partition coefficient (Wildman–Crippen LogP) is 8.44. The number of unbranched alkanes of at least 4 members (excludes halogenated alkanes) is 4. The van der Waals surface area contributed by atoms with Gasteiger partial charge in [0.2, 0.25) is 5.82 Å². The first kappa shape index (κ1) is 23.8. The zero-order valence-corrected chi connectivity index (χ0v) is 19.0. The van der Waals surface area contributed by atoms with Crippen LogP contribution in [0.1, 0.15) is 52.4 Å². The Balaban J connectivity index is 1.67. The van der Waals surface area contributed by atoms with Crippen LogP contribution in [-0.4, -0.2) is 13.2 Å². The van der Waals surface area contributed by atoms with Crippen LogP contribution in [0.3, 0.4) is 0 Å². The van der Waals surface area contributed by atoms with Crippen molar-refractivity contribution in [1.82, 2.24) is 0 Å². The molecule has 0 N–H and O–H groups in total. The molecule has 0 spiro atoms. The molecule has 0 saturated carbocycles. The fourth-order valence-corrected chi connectivity index (χ4v) is 3.53. The summed E-state index contributed by atoms with van der Waals surface area (Å²) >= 11 is 0. The van der Waals surface area contributed by atoms with Gasteiger partial charge in [0.25, 0.3) is 0 Å².